The topological polar surface area (TPSA) is 114 Å². The van der Waals surface area contributed by atoms with E-state index in [1.165, 1.54) is 12.1 Å². The number of amides is 1. The van der Waals surface area contributed by atoms with E-state index in [9.17, 15) is 18.3 Å². The number of hydrogen-bond donors (Lipinski definition) is 3. The minimum Gasteiger partial charge on any atom is -0.444 e. The van der Waals surface area contributed by atoms with Crippen LogP contribution in [0.2, 0.25) is 0 Å². The highest BCUT2D eigenvalue weighted by Crippen LogP contribution is 2.19. The number of nitrogens with one attached hydrogen (secondary N) is 2. The van der Waals surface area contributed by atoms with Crippen molar-refractivity contribution >= 4 is 16.1 Å². The molecule has 0 bridgehead atoms. The van der Waals surface area contributed by atoms with Gasteiger partial charge in [0.25, 0.3) is 0 Å². The van der Waals surface area contributed by atoms with Gasteiger partial charge in [0.15, 0.2) is 0 Å². The van der Waals surface area contributed by atoms with Crippen LogP contribution in [0.1, 0.15) is 47.1 Å². The molecule has 0 saturated heterocycles. The van der Waals surface area contributed by atoms with Gasteiger partial charge in [-0.3, -0.25) is 0 Å². The zero-order valence-electron chi connectivity index (χ0n) is 20.6. The molecule has 2 rings (SSSR count). The average molecular weight is 493 g/mol. The van der Waals surface area contributed by atoms with Crippen LogP contribution in [0.25, 0.3) is 0 Å². The lowest BCUT2D eigenvalue weighted by Gasteiger charge is -2.35. The number of ether oxygens (including phenoxy) is 2. The van der Waals surface area contributed by atoms with Crippen molar-refractivity contribution in [3.05, 3.63) is 66.2 Å². The largest absolute Gasteiger partial charge is 0.444 e. The number of alkyl carbamates (subject to hydrolysis) is 1. The van der Waals surface area contributed by atoms with Crippen LogP contribution < -0.4 is 10.0 Å². The molecule has 0 aliphatic carbocycles. The monoisotopic (exact) mass is 492 g/mol. The molecule has 1 unspecified atom stereocenters. The molecule has 3 atom stereocenters. The lowest BCUT2D eigenvalue weighted by molar-refractivity contribution is -0.123. The second-order valence-electron chi connectivity index (χ2n) is 10.0. The summed E-state index contributed by atoms with van der Waals surface area (Å²) < 4.78 is 39.8. The molecular weight excluding hydrogens is 456 g/mol. The van der Waals surface area contributed by atoms with Crippen LogP contribution in [-0.4, -0.2) is 49.2 Å². The van der Waals surface area contributed by atoms with Crippen molar-refractivity contribution in [2.24, 2.45) is 0 Å². The zero-order chi connectivity index (χ0) is 25.6. The van der Waals surface area contributed by atoms with Crippen molar-refractivity contribution in [1.82, 2.24) is 10.0 Å². The van der Waals surface area contributed by atoms with Crippen molar-refractivity contribution in [3.8, 4) is 0 Å². The number of aliphatic hydroxyl groups is 1. The molecule has 0 aliphatic rings. The van der Waals surface area contributed by atoms with E-state index in [-0.39, 0.29) is 11.3 Å². The van der Waals surface area contributed by atoms with Gasteiger partial charge >= 0.3 is 6.09 Å². The molecule has 0 radical (unpaired) electrons. The third-order valence-electron chi connectivity index (χ3n) is 4.53. The second-order valence-corrected chi connectivity index (χ2v) is 11.7. The van der Waals surface area contributed by atoms with Gasteiger partial charge in [-0.1, -0.05) is 48.5 Å². The van der Waals surface area contributed by atoms with Gasteiger partial charge in [-0.25, -0.2) is 13.2 Å². The van der Waals surface area contributed by atoms with Gasteiger partial charge in [0.2, 0.25) is 10.0 Å². The van der Waals surface area contributed by atoms with Crippen LogP contribution in [0, 0.1) is 0 Å². The van der Waals surface area contributed by atoms with E-state index in [1.54, 1.807) is 59.7 Å². The molecule has 0 aromatic heterocycles. The summed E-state index contributed by atoms with van der Waals surface area (Å²) >= 11 is 0. The van der Waals surface area contributed by atoms with Crippen LogP contribution >= 0.6 is 0 Å². The minimum absolute atomic E-state index is 0.0319. The Hall–Kier alpha value is -2.46. The summed E-state index contributed by atoms with van der Waals surface area (Å²) in [4.78, 5) is 12.6. The number of aliphatic hydroxyl groups excluding tert-OH is 1. The van der Waals surface area contributed by atoms with Crippen LogP contribution in [0.3, 0.4) is 0 Å². The maximum atomic E-state index is 13.0. The van der Waals surface area contributed by atoms with Gasteiger partial charge in [0.1, 0.15) is 17.9 Å². The van der Waals surface area contributed by atoms with Crippen molar-refractivity contribution in [2.75, 3.05) is 0 Å². The first-order chi connectivity index (χ1) is 15.7. The normalized spacial score (nSPS) is 15.3. The smallest absolute Gasteiger partial charge is 0.407 e. The molecule has 0 aliphatic heterocycles. The van der Waals surface area contributed by atoms with E-state index in [0.29, 0.717) is 0 Å². The molecule has 0 heterocycles. The first kappa shape index (κ1) is 27.8. The predicted octanol–water partition coefficient (Wildman–Crippen LogP) is 3.60. The Labute approximate surface area is 202 Å². The molecule has 0 saturated carbocycles. The van der Waals surface area contributed by atoms with Crippen molar-refractivity contribution in [1.29, 1.82) is 0 Å². The third-order valence-corrected chi connectivity index (χ3v) is 5.96. The van der Waals surface area contributed by atoms with E-state index in [4.69, 9.17) is 9.47 Å². The molecule has 188 valence electrons. The maximum absolute atomic E-state index is 13.0. The molecule has 0 spiro atoms. The molecule has 2 aromatic rings. The highest BCUT2D eigenvalue weighted by molar-refractivity contribution is 7.89. The highest BCUT2D eigenvalue weighted by atomic mass is 32.2. The van der Waals surface area contributed by atoms with Gasteiger partial charge in [-0.2, -0.15) is 4.72 Å². The third kappa shape index (κ3) is 9.42. The van der Waals surface area contributed by atoms with Gasteiger partial charge in [-0.05, 0) is 65.7 Å². The summed E-state index contributed by atoms with van der Waals surface area (Å²) in [5.74, 6) is 0. The van der Waals surface area contributed by atoms with Crippen molar-refractivity contribution in [3.63, 3.8) is 0 Å². The van der Waals surface area contributed by atoms with Crippen LogP contribution in [0.4, 0.5) is 4.79 Å². The van der Waals surface area contributed by atoms with E-state index in [1.807, 2.05) is 30.3 Å². The lowest BCUT2D eigenvalue weighted by atomic mass is 10.00. The Kier molecular flexibility index (Phi) is 9.24. The van der Waals surface area contributed by atoms with Crippen molar-refractivity contribution in [2.45, 2.75) is 82.4 Å². The Balaban J connectivity index is 2.37. The summed E-state index contributed by atoms with van der Waals surface area (Å²) in [6.45, 7) is 10.4. The second kappa shape index (κ2) is 11.3. The fourth-order valence-corrected chi connectivity index (χ4v) is 4.30. The molecule has 1 amide bonds. The number of carbonyl (C=O) groups is 1. The van der Waals surface area contributed by atoms with Crippen LogP contribution in [0.5, 0.6) is 0 Å². The quantitative estimate of drug-likeness (QED) is 0.461. The Morgan fingerprint density at radius 2 is 1.44 bits per heavy atom. The van der Waals surface area contributed by atoms with Crippen LogP contribution in [0.15, 0.2) is 65.6 Å². The fourth-order valence-electron chi connectivity index (χ4n) is 3.16. The maximum Gasteiger partial charge on any atom is 0.407 e. The average Bonchev–Trinajstić information content (AvgIpc) is 2.71. The minimum atomic E-state index is -4.02. The Morgan fingerprint density at radius 3 is 1.94 bits per heavy atom. The first-order valence-electron chi connectivity index (χ1n) is 11.1. The molecule has 3 N–H and O–H groups in total. The lowest BCUT2D eigenvalue weighted by Crippen LogP contribution is -2.57. The molecule has 8 nitrogen and oxygen atoms in total. The van der Waals surface area contributed by atoms with Crippen LogP contribution in [-0.2, 0) is 25.9 Å². The number of carbonyl (C=O) groups excluding carboxylic acids is 1. The standard InChI is InChI=1S/C25H36N2O6S/c1-24(2,3)32-22(27-34(30,31)19-15-11-8-12-16-19)21(28)20(17-18-13-9-7-10-14-18)26-23(29)33-25(4,5)6/h7-16,20-22,27-28H,17H2,1-6H3,(H,26,29)/t20-,21+,22?/m0/s1. The summed E-state index contributed by atoms with van der Waals surface area (Å²) in [7, 11) is -4.02. The molecule has 2 aromatic carbocycles. The van der Waals surface area contributed by atoms with E-state index in [0.717, 1.165) is 5.56 Å². The van der Waals surface area contributed by atoms with Gasteiger partial charge in [0, 0.05) is 0 Å². The highest BCUT2D eigenvalue weighted by Gasteiger charge is 2.36. The molecule has 0 fully saturated rings. The first-order valence-corrected chi connectivity index (χ1v) is 12.6. The Morgan fingerprint density at radius 1 is 0.912 bits per heavy atom. The number of benzene rings is 2. The number of sulfonamides is 1. The summed E-state index contributed by atoms with van der Waals surface area (Å²) in [5, 5.41) is 14.0. The molecule has 34 heavy (non-hydrogen) atoms. The van der Waals surface area contributed by atoms with E-state index < -0.39 is 45.7 Å². The number of rotatable bonds is 9. The zero-order valence-corrected chi connectivity index (χ0v) is 21.4. The summed E-state index contributed by atoms with van der Waals surface area (Å²) in [6.07, 6.45) is -3.30. The number of hydrogen-bond acceptors (Lipinski definition) is 6. The van der Waals surface area contributed by atoms with Gasteiger partial charge in [-0.15, -0.1) is 0 Å². The van der Waals surface area contributed by atoms with Crippen molar-refractivity contribution < 1.29 is 27.8 Å². The summed E-state index contributed by atoms with van der Waals surface area (Å²) in [5.41, 5.74) is -0.709. The van der Waals surface area contributed by atoms with Gasteiger partial charge < -0.3 is 19.9 Å². The fraction of sp³-hybridized carbons (Fsp3) is 0.480. The van der Waals surface area contributed by atoms with E-state index in [2.05, 4.69) is 10.0 Å². The molecule has 9 heteroatoms. The predicted molar refractivity (Wildman–Crippen MR) is 131 cm³/mol. The Bertz CT molecular complexity index is 1010. The van der Waals surface area contributed by atoms with E-state index >= 15 is 0 Å². The SMILES string of the molecule is CC(C)(C)OC(=O)N[C@@H](Cc1ccccc1)[C@@H](O)C(NS(=O)(=O)c1ccccc1)OC(C)(C)C. The van der Waals surface area contributed by atoms with Gasteiger partial charge in [0.05, 0.1) is 16.5 Å². The molecular formula is C25H36N2O6S. The summed E-state index contributed by atoms with van der Waals surface area (Å²) in [6, 6.07) is 16.1.